The maximum atomic E-state index is 13.7. The van der Waals surface area contributed by atoms with E-state index in [1.165, 1.54) is 6.07 Å². The van der Waals surface area contributed by atoms with Crippen LogP contribution < -0.4 is 0 Å². The fourth-order valence-corrected chi connectivity index (χ4v) is 2.32. The van der Waals surface area contributed by atoms with Crippen LogP contribution in [0.5, 0.6) is 0 Å². The molecule has 0 saturated carbocycles. The van der Waals surface area contributed by atoms with Crippen LogP contribution in [0.1, 0.15) is 12.5 Å². The van der Waals surface area contributed by atoms with Gasteiger partial charge in [-0.25, -0.2) is 4.39 Å². The van der Waals surface area contributed by atoms with Gasteiger partial charge in [0.2, 0.25) is 0 Å². The Bertz CT molecular complexity index is 746. The Morgan fingerprint density at radius 3 is 2.79 bits per heavy atom. The Labute approximate surface area is 110 Å². The van der Waals surface area contributed by atoms with Gasteiger partial charge in [0.25, 0.3) is 0 Å². The van der Waals surface area contributed by atoms with Gasteiger partial charge in [0.15, 0.2) is 0 Å². The number of hydrogen-bond donors (Lipinski definition) is 0. The second-order valence-electron chi connectivity index (χ2n) is 4.57. The average molecular weight is 255 g/mol. The Morgan fingerprint density at radius 1 is 1.26 bits per heavy atom. The minimum atomic E-state index is -0.161. The maximum Gasteiger partial charge on any atom is 0.127 e. The number of fused-ring (bicyclic) bond motifs is 1. The van der Waals surface area contributed by atoms with E-state index < -0.39 is 0 Å². The molecular formula is C15H14FN3. The lowest BCUT2D eigenvalue weighted by atomic mass is 10.0. The first-order chi connectivity index (χ1) is 9.19. The molecule has 0 N–H and O–H groups in total. The van der Waals surface area contributed by atoms with Crippen molar-refractivity contribution in [2.75, 3.05) is 0 Å². The highest BCUT2D eigenvalue weighted by molar-refractivity contribution is 5.88. The van der Waals surface area contributed by atoms with Crippen LogP contribution in [0.15, 0.2) is 36.8 Å². The van der Waals surface area contributed by atoms with Gasteiger partial charge < -0.3 is 0 Å². The minimum absolute atomic E-state index is 0.161. The van der Waals surface area contributed by atoms with E-state index in [9.17, 15) is 4.39 Å². The third kappa shape index (κ3) is 1.99. The summed E-state index contributed by atoms with van der Waals surface area (Å²) in [5, 5.41) is 6.03. The lowest BCUT2D eigenvalue weighted by molar-refractivity contribution is 0.615. The molecule has 0 aliphatic heterocycles. The van der Waals surface area contributed by atoms with Crippen LogP contribution in [0.25, 0.3) is 22.0 Å². The number of benzene rings is 1. The van der Waals surface area contributed by atoms with Crippen molar-refractivity contribution in [3.05, 3.63) is 48.2 Å². The maximum absolute atomic E-state index is 13.7. The third-order valence-electron chi connectivity index (χ3n) is 3.31. The number of hydrogen-bond acceptors (Lipinski definition) is 2. The van der Waals surface area contributed by atoms with Crippen molar-refractivity contribution >= 4 is 10.8 Å². The van der Waals surface area contributed by atoms with E-state index in [-0.39, 0.29) is 5.82 Å². The molecule has 1 aromatic carbocycles. The van der Waals surface area contributed by atoms with Gasteiger partial charge in [0.05, 0.1) is 11.9 Å². The summed E-state index contributed by atoms with van der Waals surface area (Å²) < 4.78 is 15.4. The standard InChI is InChI=1S/C15H14FN3/c1-3-12-13-8-17-15(11-7-18-19(2)9-11)6-10(13)4-5-14(12)16/h4-9H,3H2,1-2H3. The SMILES string of the molecule is CCc1c(F)ccc2cc(-c3cnn(C)c3)ncc12. The monoisotopic (exact) mass is 255 g/mol. The average Bonchev–Trinajstić information content (AvgIpc) is 2.85. The predicted octanol–water partition coefficient (Wildman–Crippen LogP) is 3.34. The molecule has 0 atom stereocenters. The molecule has 3 nitrogen and oxygen atoms in total. The molecule has 0 bridgehead atoms. The zero-order chi connectivity index (χ0) is 13.4. The zero-order valence-electron chi connectivity index (χ0n) is 10.9. The van der Waals surface area contributed by atoms with Crippen molar-refractivity contribution in [2.45, 2.75) is 13.3 Å². The highest BCUT2D eigenvalue weighted by Gasteiger charge is 2.08. The molecule has 2 aromatic heterocycles. The molecule has 0 amide bonds. The minimum Gasteiger partial charge on any atom is -0.275 e. The van der Waals surface area contributed by atoms with Gasteiger partial charge in [0.1, 0.15) is 5.82 Å². The number of pyridine rings is 1. The smallest absolute Gasteiger partial charge is 0.127 e. The van der Waals surface area contributed by atoms with E-state index in [0.29, 0.717) is 6.42 Å². The van der Waals surface area contributed by atoms with Crippen molar-refractivity contribution in [2.24, 2.45) is 7.05 Å². The van der Waals surface area contributed by atoms with Gasteiger partial charge in [-0.05, 0) is 29.5 Å². The summed E-state index contributed by atoms with van der Waals surface area (Å²) >= 11 is 0. The highest BCUT2D eigenvalue weighted by atomic mass is 19.1. The topological polar surface area (TPSA) is 30.7 Å². The van der Waals surface area contributed by atoms with Crippen LogP contribution in [0.3, 0.4) is 0 Å². The van der Waals surface area contributed by atoms with Gasteiger partial charge in [0, 0.05) is 30.4 Å². The molecule has 0 aliphatic rings. The molecule has 0 fully saturated rings. The van der Waals surface area contributed by atoms with Gasteiger partial charge in [-0.2, -0.15) is 5.10 Å². The number of halogens is 1. The Morgan fingerprint density at radius 2 is 2.11 bits per heavy atom. The Balaban J connectivity index is 2.19. The van der Waals surface area contributed by atoms with Gasteiger partial charge >= 0.3 is 0 Å². The fourth-order valence-electron chi connectivity index (χ4n) is 2.32. The molecule has 0 aliphatic carbocycles. The highest BCUT2D eigenvalue weighted by Crippen LogP contribution is 2.25. The van der Waals surface area contributed by atoms with E-state index in [2.05, 4.69) is 10.1 Å². The molecule has 2 heterocycles. The van der Waals surface area contributed by atoms with Gasteiger partial charge in [-0.15, -0.1) is 0 Å². The van der Waals surface area contributed by atoms with Crippen molar-refractivity contribution in [3.8, 4) is 11.3 Å². The molecule has 0 saturated heterocycles. The first-order valence-electron chi connectivity index (χ1n) is 6.25. The number of aryl methyl sites for hydroxylation is 2. The summed E-state index contributed by atoms with van der Waals surface area (Å²) in [7, 11) is 1.87. The summed E-state index contributed by atoms with van der Waals surface area (Å²) in [6.07, 6.45) is 6.10. The molecular weight excluding hydrogens is 241 g/mol. The summed E-state index contributed by atoms with van der Waals surface area (Å²) in [5.74, 6) is -0.161. The summed E-state index contributed by atoms with van der Waals surface area (Å²) in [5.41, 5.74) is 2.55. The first kappa shape index (κ1) is 11.8. The van der Waals surface area contributed by atoms with E-state index in [1.54, 1.807) is 23.1 Å². The van der Waals surface area contributed by atoms with E-state index in [4.69, 9.17) is 0 Å². The van der Waals surface area contributed by atoms with Crippen LogP contribution in [0, 0.1) is 5.82 Å². The van der Waals surface area contributed by atoms with Gasteiger partial charge in [-0.3, -0.25) is 9.67 Å². The molecule has 19 heavy (non-hydrogen) atoms. The summed E-state index contributed by atoms with van der Waals surface area (Å²) in [6.45, 7) is 1.95. The predicted molar refractivity (Wildman–Crippen MR) is 73.3 cm³/mol. The lowest BCUT2D eigenvalue weighted by Gasteiger charge is -2.06. The Hall–Kier alpha value is -2.23. The van der Waals surface area contributed by atoms with Crippen LogP contribution in [-0.4, -0.2) is 14.8 Å². The van der Waals surface area contributed by atoms with Crippen LogP contribution in [-0.2, 0) is 13.5 Å². The molecule has 0 radical (unpaired) electrons. The molecule has 0 unspecified atom stereocenters. The van der Waals surface area contributed by atoms with Crippen molar-refractivity contribution in [1.82, 2.24) is 14.8 Å². The molecule has 0 spiro atoms. The summed E-state index contributed by atoms with van der Waals surface area (Å²) in [4.78, 5) is 4.42. The van der Waals surface area contributed by atoms with Crippen LogP contribution >= 0.6 is 0 Å². The van der Waals surface area contributed by atoms with Crippen molar-refractivity contribution < 1.29 is 4.39 Å². The van der Waals surface area contributed by atoms with E-state index in [0.717, 1.165) is 27.6 Å². The van der Waals surface area contributed by atoms with Crippen LogP contribution in [0.4, 0.5) is 4.39 Å². The normalized spacial score (nSPS) is 11.1. The van der Waals surface area contributed by atoms with Crippen LogP contribution in [0.2, 0.25) is 0 Å². The zero-order valence-corrected chi connectivity index (χ0v) is 10.9. The quantitative estimate of drug-likeness (QED) is 0.703. The Kier molecular flexibility index (Phi) is 2.78. The fraction of sp³-hybridized carbons (Fsp3) is 0.200. The molecule has 4 heteroatoms. The van der Waals surface area contributed by atoms with Gasteiger partial charge in [-0.1, -0.05) is 13.0 Å². The second-order valence-corrected chi connectivity index (χ2v) is 4.57. The second kappa shape index (κ2) is 4.46. The largest absolute Gasteiger partial charge is 0.275 e. The van der Waals surface area contributed by atoms with Crippen molar-refractivity contribution in [3.63, 3.8) is 0 Å². The molecule has 96 valence electrons. The molecule has 3 aromatic rings. The van der Waals surface area contributed by atoms with E-state index >= 15 is 0 Å². The van der Waals surface area contributed by atoms with E-state index in [1.807, 2.05) is 26.2 Å². The first-order valence-corrected chi connectivity index (χ1v) is 6.25. The lowest BCUT2D eigenvalue weighted by Crippen LogP contribution is -1.92. The number of aromatic nitrogens is 3. The summed E-state index contributed by atoms with van der Waals surface area (Å²) in [6, 6.07) is 5.30. The van der Waals surface area contributed by atoms with Crippen molar-refractivity contribution in [1.29, 1.82) is 0 Å². The number of rotatable bonds is 2. The number of nitrogens with zero attached hydrogens (tertiary/aromatic N) is 3. The third-order valence-corrected chi connectivity index (χ3v) is 3.31. The molecule has 3 rings (SSSR count).